The standard InChI is InChI=1S/C9H8NO3/c11-7-2-1-3-8(12)9(7)6-4-5-13-10-6/h5,9H,1-3H2. The van der Waals surface area contributed by atoms with Crippen molar-refractivity contribution in [3.8, 4) is 0 Å². The van der Waals surface area contributed by atoms with Gasteiger partial charge in [-0.15, -0.1) is 0 Å². The minimum Gasteiger partial charge on any atom is -0.364 e. The smallest absolute Gasteiger partial charge is 0.149 e. The normalized spacial score (nSPS) is 19.4. The van der Waals surface area contributed by atoms with Crippen molar-refractivity contribution in [2.75, 3.05) is 0 Å². The molecule has 1 saturated carbocycles. The minimum atomic E-state index is -0.715. The Morgan fingerprint density at radius 1 is 1.38 bits per heavy atom. The van der Waals surface area contributed by atoms with Gasteiger partial charge in [-0.1, -0.05) is 5.16 Å². The molecule has 1 fully saturated rings. The van der Waals surface area contributed by atoms with Gasteiger partial charge in [0.25, 0.3) is 0 Å². The van der Waals surface area contributed by atoms with E-state index in [9.17, 15) is 9.59 Å². The maximum atomic E-state index is 11.4. The number of ketones is 2. The van der Waals surface area contributed by atoms with E-state index in [0.29, 0.717) is 25.0 Å². The summed E-state index contributed by atoms with van der Waals surface area (Å²) in [6.07, 6.45) is 2.82. The SMILES string of the molecule is O=C1CCCC(=O)C1c1[c]con1. The summed E-state index contributed by atoms with van der Waals surface area (Å²) in [6.45, 7) is 0. The second-order valence-electron chi connectivity index (χ2n) is 3.06. The third-order valence-corrected chi connectivity index (χ3v) is 2.17. The van der Waals surface area contributed by atoms with Gasteiger partial charge < -0.3 is 4.52 Å². The Morgan fingerprint density at radius 3 is 2.62 bits per heavy atom. The van der Waals surface area contributed by atoms with Gasteiger partial charge in [0.15, 0.2) is 0 Å². The summed E-state index contributed by atoms with van der Waals surface area (Å²) in [5.41, 5.74) is 0.328. The van der Waals surface area contributed by atoms with E-state index in [1.54, 1.807) is 0 Å². The Balaban J connectivity index is 2.29. The van der Waals surface area contributed by atoms with Gasteiger partial charge in [-0.25, -0.2) is 0 Å². The maximum Gasteiger partial charge on any atom is 0.149 e. The highest BCUT2D eigenvalue weighted by molar-refractivity contribution is 6.08. The Hall–Kier alpha value is -1.45. The Labute approximate surface area is 74.9 Å². The van der Waals surface area contributed by atoms with Crippen LogP contribution in [0.4, 0.5) is 0 Å². The Morgan fingerprint density at radius 2 is 2.08 bits per heavy atom. The zero-order valence-electron chi connectivity index (χ0n) is 6.95. The maximum absolute atomic E-state index is 11.4. The van der Waals surface area contributed by atoms with E-state index >= 15 is 0 Å². The molecule has 0 N–H and O–H groups in total. The van der Waals surface area contributed by atoms with Crippen LogP contribution >= 0.6 is 0 Å². The van der Waals surface area contributed by atoms with Crippen molar-refractivity contribution in [2.45, 2.75) is 25.2 Å². The van der Waals surface area contributed by atoms with Gasteiger partial charge in [-0.2, -0.15) is 0 Å². The molecule has 1 aliphatic carbocycles. The lowest BCUT2D eigenvalue weighted by atomic mass is 9.85. The van der Waals surface area contributed by atoms with Gasteiger partial charge in [0.05, 0.1) is 6.07 Å². The van der Waals surface area contributed by atoms with E-state index in [1.807, 2.05) is 0 Å². The number of hydrogen-bond donors (Lipinski definition) is 0. The number of carbonyl (C=O) groups is 2. The van der Waals surface area contributed by atoms with Crippen LogP contribution < -0.4 is 0 Å². The number of Topliss-reactive ketones (excluding diaryl/α,β-unsaturated/α-hetero) is 2. The van der Waals surface area contributed by atoms with Crippen molar-refractivity contribution in [2.24, 2.45) is 0 Å². The Bertz CT molecular complexity index is 313. The molecular weight excluding hydrogens is 170 g/mol. The molecular formula is C9H8NO3. The predicted octanol–water partition coefficient (Wildman–Crippen LogP) is 0.880. The highest BCUT2D eigenvalue weighted by atomic mass is 16.5. The molecule has 0 atom stereocenters. The summed E-state index contributed by atoms with van der Waals surface area (Å²) in [6, 6.07) is 2.65. The topological polar surface area (TPSA) is 60.2 Å². The molecule has 13 heavy (non-hydrogen) atoms. The molecule has 0 unspecified atom stereocenters. The first-order chi connectivity index (χ1) is 6.29. The first-order valence-electron chi connectivity index (χ1n) is 4.16. The highest BCUT2D eigenvalue weighted by Gasteiger charge is 2.33. The lowest BCUT2D eigenvalue weighted by molar-refractivity contribution is -0.132. The predicted molar refractivity (Wildman–Crippen MR) is 41.9 cm³/mol. The average molecular weight is 178 g/mol. The van der Waals surface area contributed by atoms with Crippen molar-refractivity contribution in [3.05, 3.63) is 18.0 Å². The van der Waals surface area contributed by atoms with Gasteiger partial charge in [0.1, 0.15) is 29.4 Å². The molecule has 67 valence electrons. The molecule has 4 nitrogen and oxygen atoms in total. The summed E-state index contributed by atoms with van der Waals surface area (Å²) in [4.78, 5) is 22.8. The number of rotatable bonds is 1. The van der Waals surface area contributed by atoms with Crippen LogP contribution in [0.1, 0.15) is 30.9 Å². The third-order valence-electron chi connectivity index (χ3n) is 2.17. The second-order valence-corrected chi connectivity index (χ2v) is 3.06. The van der Waals surface area contributed by atoms with Crippen LogP contribution in [0.5, 0.6) is 0 Å². The summed E-state index contributed by atoms with van der Waals surface area (Å²) >= 11 is 0. The quantitative estimate of drug-likeness (QED) is 0.599. The zero-order valence-corrected chi connectivity index (χ0v) is 6.95. The van der Waals surface area contributed by atoms with Gasteiger partial charge in [0.2, 0.25) is 0 Å². The first-order valence-corrected chi connectivity index (χ1v) is 4.16. The average Bonchev–Trinajstić information content (AvgIpc) is 2.57. The summed E-state index contributed by atoms with van der Waals surface area (Å²) < 4.78 is 4.55. The first kappa shape index (κ1) is 8.16. The molecule has 0 aromatic carbocycles. The molecule has 1 aromatic rings. The van der Waals surface area contributed by atoms with E-state index in [-0.39, 0.29) is 11.6 Å². The molecule has 1 radical (unpaired) electrons. The zero-order chi connectivity index (χ0) is 9.26. The fourth-order valence-electron chi connectivity index (χ4n) is 1.54. The lowest BCUT2D eigenvalue weighted by Crippen LogP contribution is -2.26. The third kappa shape index (κ3) is 1.39. The van der Waals surface area contributed by atoms with Gasteiger partial charge in [-0.3, -0.25) is 9.59 Å². The second kappa shape index (κ2) is 3.12. The Kier molecular flexibility index (Phi) is 1.96. The molecule has 2 rings (SSSR count). The number of hydrogen-bond acceptors (Lipinski definition) is 4. The fraction of sp³-hybridized carbons (Fsp3) is 0.444. The lowest BCUT2D eigenvalue weighted by Gasteiger charge is -2.16. The molecule has 4 heteroatoms. The molecule has 0 spiro atoms. The van der Waals surface area contributed by atoms with E-state index in [4.69, 9.17) is 0 Å². The number of carbonyl (C=O) groups excluding carboxylic acids is 2. The van der Waals surface area contributed by atoms with Gasteiger partial charge in [0, 0.05) is 12.8 Å². The summed E-state index contributed by atoms with van der Waals surface area (Å²) in [5.74, 6) is -0.852. The van der Waals surface area contributed by atoms with Crippen LogP contribution in [-0.4, -0.2) is 16.7 Å². The minimum absolute atomic E-state index is 0.0681. The molecule has 1 heterocycles. The molecule has 0 amide bonds. The fourth-order valence-corrected chi connectivity index (χ4v) is 1.54. The number of nitrogens with zero attached hydrogens (tertiary/aromatic N) is 1. The molecule has 0 aliphatic heterocycles. The van der Waals surface area contributed by atoms with E-state index < -0.39 is 5.92 Å². The van der Waals surface area contributed by atoms with E-state index in [1.165, 1.54) is 6.26 Å². The van der Waals surface area contributed by atoms with Crippen molar-refractivity contribution < 1.29 is 14.1 Å². The molecule has 0 bridgehead atoms. The van der Waals surface area contributed by atoms with Crippen molar-refractivity contribution >= 4 is 11.6 Å². The van der Waals surface area contributed by atoms with Crippen LogP contribution in [0, 0.1) is 6.07 Å². The van der Waals surface area contributed by atoms with Gasteiger partial charge >= 0.3 is 0 Å². The van der Waals surface area contributed by atoms with Gasteiger partial charge in [-0.05, 0) is 6.42 Å². The molecule has 1 aliphatic rings. The number of aromatic nitrogens is 1. The molecule has 1 aromatic heterocycles. The van der Waals surface area contributed by atoms with Crippen LogP contribution in [0.25, 0.3) is 0 Å². The summed E-state index contributed by atoms with van der Waals surface area (Å²) in [7, 11) is 0. The van der Waals surface area contributed by atoms with Crippen molar-refractivity contribution in [1.29, 1.82) is 0 Å². The highest BCUT2D eigenvalue weighted by Crippen LogP contribution is 2.25. The monoisotopic (exact) mass is 178 g/mol. The van der Waals surface area contributed by atoms with Crippen LogP contribution in [0.15, 0.2) is 10.8 Å². The van der Waals surface area contributed by atoms with E-state index in [2.05, 4.69) is 15.7 Å². The summed E-state index contributed by atoms with van der Waals surface area (Å²) in [5, 5.41) is 3.57. The largest absolute Gasteiger partial charge is 0.364 e. The van der Waals surface area contributed by atoms with Crippen LogP contribution in [0.3, 0.4) is 0 Å². The van der Waals surface area contributed by atoms with Crippen LogP contribution in [-0.2, 0) is 9.59 Å². The van der Waals surface area contributed by atoms with Crippen LogP contribution in [0.2, 0.25) is 0 Å². The van der Waals surface area contributed by atoms with Crippen molar-refractivity contribution in [1.82, 2.24) is 5.16 Å². The van der Waals surface area contributed by atoms with Crippen molar-refractivity contribution in [3.63, 3.8) is 0 Å². The van der Waals surface area contributed by atoms with E-state index in [0.717, 1.165) is 0 Å². The molecule has 0 saturated heterocycles.